The van der Waals surface area contributed by atoms with Crippen LogP contribution in [0.2, 0.25) is 0 Å². The third kappa shape index (κ3) is 2.05. The Balaban J connectivity index is 2.06. The maximum atomic E-state index is 12.6. The van der Waals surface area contributed by atoms with Crippen LogP contribution in [0, 0.1) is 12.8 Å². The van der Waals surface area contributed by atoms with Crippen molar-refractivity contribution in [1.82, 2.24) is 0 Å². The first-order chi connectivity index (χ1) is 9.49. The van der Waals surface area contributed by atoms with Crippen LogP contribution in [-0.2, 0) is 4.79 Å². The average molecular weight is 273 g/mol. The second-order valence-corrected chi connectivity index (χ2v) is 6.80. The van der Waals surface area contributed by atoms with Crippen molar-refractivity contribution in [2.75, 3.05) is 25.0 Å². The molecule has 0 radical (unpaired) electrons. The summed E-state index contributed by atoms with van der Waals surface area (Å²) in [5.74, 6) is 0.860. The van der Waals surface area contributed by atoms with E-state index in [0.29, 0.717) is 12.0 Å². The quantitative estimate of drug-likeness (QED) is 0.821. The van der Waals surface area contributed by atoms with Crippen molar-refractivity contribution >= 4 is 11.6 Å². The molecule has 1 aromatic carbocycles. The van der Waals surface area contributed by atoms with E-state index in [1.165, 1.54) is 16.8 Å². The van der Waals surface area contributed by atoms with E-state index in [0.717, 1.165) is 19.5 Å². The Kier molecular flexibility index (Phi) is 3.33. The summed E-state index contributed by atoms with van der Waals surface area (Å²) in [4.78, 5) is 16.3. The molecule has 3 rings (SSSR count). The van der Waals surface area contributed by atoms with E-state index in [-0.39, 0.29) is 11.8 Å². The van der Waals surface area contributed by atoms with E-state index in [2.05, 4.69) is 37.1 Å². The van der Waals surface area contributed by atoms with Crippen molar-refractivity contribution in [2.45, 2.75) is 39.2 Å². The van der Waals surface area contributed by atoms with Gasteiger partial charge in [0.15, 0.2) is 0 Å². The van der Waals surface area contributed by atoms with Gasteiger partial charge >= 0.3 is 0 Å². The van der Waals surface area contributed by atoms with Gasteiger partial charge in [-0.1, -0.05) is 31.5 Å². The predicted molar refractivity (Wildman–Crippen MR) is 81.3 cm³/mol. The molecule has 108 valence electrons. The summed E-state index contributed by atoms with van der Waals surface area (Å²) < 4.78 is 0. The van der Waals surface area contributed by atoms with Gasteiger partial charge in [-0.3, -0.25) is 4.79 Å². The lowest BCUT2D eigenvalue weighted by Crippen LogP contribution is -3.11. The zero-order valence-corrected chi connectivity index (χ0v) is 12.9. The minimum atomic E-state index is 0.0647. The van der Waals surface area contributed by atoms with E-state index in [1.807, 2.05) is 13.8 Å². The van der Waals surface area contributed by atoms with Gasteiger partial charge in [0.1, 0.15) is 0 Å². The Bertz CT molecular complexity index is 538. The number of likely N-dealkylation sites (tertiary alicyclic amines) is 1. The molecule has 0 aromatic heterocycles. The summed E-state index contributed by atoms with van der Waals surface area (Å²) in [7, 11) is 2.26. The molecule has 1 amide bonds. The maximum Gasteiger partial charge on any atom is 0.229 e. The smallest absolute Gasteiger partial charge is 0.229 e. The number of hydrogen-bond acceptors (Lipinski definition) is 1. The zero-order valence-electron chi connectivity index (χ0n) is 12.9. The normalized spacial score (nSPS) is 28.4. The van der Waals surface area contributed by atoms with Gasteiger partial charge in [-0.25, -0.2) is 0 Å². The third-order valence-electron chi connectivity index (χ3n) is 4.80. The highest BCUT2D eigenvalue weighted by atomic mass is 16.2. The molecule has 0 spiro atoms. The minimum Gasteiger partial charge on any atom is -0.337 e. The fraction of sp³-hybridized carbons (Fsp3) is 0.588. The molecule has 1 fully saturated rings. The van der Waals surface area contributed by atoms with Crippen molar-refractivity contribution in [1.29, 1.82) is 0 Å². The number of aryl methyl sites for hydroxylation is 1. The lowest BCUT2D eigenvalue weighted by Gasteiger charge is -2.35. The molecule has 1 N–H and O–H groups in total. The number of likely N-dealkylation sites (N-methyl/N-ethyl adjacent to an activating group) is 1. The molecule has 0 aliphatic carbocycles. The number of nitrogens with one attached hydrogen (secondary N) is 1. The topological polar surface area (TPSA) is 24.8 Å². The molecule has 3 nitrogen and oxygen atoms in total. The summed E-state index contributed by atoms with van der Waals surface area (Å²) in [5, 5.41) is 0. The second kappa shape index (κ2) is 4.88. The number of quaternary nitrogens is 1. The molecule has 3 heteroatoms. The maximum absolute atomic E-state index is 12.6. The highest BCUT2D eigenvalue weighted by Crippen LogP contribution is 2.43. The van der Waals surface area contributed by atoms with Gasteiger partial charge < -0.3 is 9.80 Å². The average Bonchev–Trinajstić information content (AvgIpc) is 2.71. The first-order valence-electron chi connectivity index (χ1n) is 7.74. The number of anilines is 1. The van der Waals surface area contributed by atoms with Crippen LogP contribution in [0.3, 0.4) is 0 Å². The fourth-order valence-corrected chi connectivity index (χ4v) is 3.76. The van der Waals surface area contributed by atoms with Crippen LogP contribution in [0.1, 0.15) is 37.3 Å². The summed E-state index contributed by atoms with van der Waals surface area (Å²) in [6.45, 7) is 8.45. The van der Waals surface area contributed by atoms with Crippen LogP contribution < -0.4 is 9.80 Å². The Hall–Kier alpha value is -1.35. The molecule has 3 atom stereocenters. The highest BCUT2D eigenvalue weighted by Gasteiger charge is 2.45. The van der Waals surface area contributed by atoms with E-state index >= 15 is 0 Å². The number of rotatable bonds is 1. The summed E-state index contributed by atoms with van der Waals surface area (Å²) in [6, 6.07) is 6.95. The SMILES string of the molecule is Cc1ccc2c(c1)[C@H]1C[NH+](C)CC[C@@H]1N2C(=O)C(C)C. The van der Waals surface area contributed by atoms with Gasteiger partial charge in [-0.15, -0.1) is 0 Å². The summed E-state index contributed by atoms with van der Waals surface area (Å²) >= 11 is 0. The first-order valence-corrected chi connectivity index (χ1v) is 7.74. The van der Waals surface area contributed by atoms with E-state index in [1.54, 1.807) is 4.90 Å². The van der Waals surface area contributed by atoms with Crippen LogP contribution in [0.4, 0.5) is 5.69 Å². The number of amides is 1. The third-order valence-corrected chi connectivity index (χ3v) is 4.80. The largest absolute Gasteiger partial charge is 0.337 e. The molecule has 1 unspecified atom stereocenters. The van der Waals surface area contributed by atoms with Crippen LogP contribution >= 0.6 is 0 Å². The van der Waals surface area contributed by atoms with Crippen molar-refractivity contribution < 1.29 is 9.69 Å². The summed E-state index contributed by atoms with van der Waals surface area (Å²) in [6.07, 6.45) is 1.11. The number of fused-ring (bicyclic) bond motifs is 3. The molecule has 2 heterocycles. The molecule has 20 heavy (non-hydrogen) atoms. The van der Waals surface area contributed by atoms with Gasteiger partial charge in [-0.2, -0.15) is 0 Å². The van der Waals surface area contributed by atoms with Gasteiger partial charge in [0, 0.05) is 18.0 Å². The fourth-order valence-electron chi connectivity index (χ4n) is 3.76. The van der Waals surface area contributed by atoms with Crippen molar-refractivity contribution in [3.63, 3.8) is 0 Å². The number of piperidine rings is 1. The number of benzene rings is 1. The summed E-state index contributed by atoms with van der Waals surface area (Å²) in [5.41, 5.74) is 3.85. The lowest BCUT2D eigenvalue weighted by molar-refractivity contribution is -0.886. The molecular weight excluding hydrogens is 248 g/mol. The van der Waals surface area contributed by atoms with Crippen molar-refractivity contribution in [3.05, 3.63) is 29.3 Å². The number of nitrogens with zero attached hydrogens (tertiary/aromatic N) is 1. The van der Waals surface area contributed by atoms with E-state index in [4.69, 9.17) is 0 Å². The van der Waals surface area contributed by atoms with Gasteiger partial charge in [0.05, 0.1) is 32.1 Å². The molecule has 2 aliphatic heterocycles. The van der Waals surface area contributed by atoms with Crippen molar-refractivity contribution in [3.8, 4) is 0 Å². The second-order valence-electron chi connectivity index (χ2n) is 6.80. The Morgan fingerprint density at radius 2 is 2.15 bits per heavy atom. The number of carbonyl (C=O) groups excluding carboxylic acids is 1. The van der Waals surface area contributed by atoms with Crippen LogP contribution in [-0.4, -0.2) is 32.1 Å². The molecule has 1 aromatic rings. The van der Waals surface area contributed by atoms with Gasteiger partial charge in [0.2, 0.25) is 5.91 Å². The molecule has 0 bridgehead atoms. The lowest BCUT2D eigenvalue weighted by atomic mass is 9.88. The van der Waals surface area contributed by atoms with Crippen LogP contribution in [0.5, 0.6) is 0 Å². The Morgan fingerprint density at radius 3 is 2.85 bits per heavy atom. The molecular formula is C17H25N2O+. The monoisotopic (exact) mass is 273 g/mol. The van der Waals surface area contributed by atoms with E-state index < -0.39 is 0 Å². The first kappa shape index (κ1) is 13.6. The van der Waals surface area contributed by atoms with Crippen LogP contribution in [0.15, 0.2) is 18.2 Å². The molecule has 2 aliphatic rings. The van der Waals surface area contributed by atoms with Gasteiger partial charge in [0.25, 0.3) is 0 Å². The standard InChI is InChI=1S/C17H24N2O/c1-11(2)17(20)19-15-6-5-12(3)9-13(15)14-10-18(4)8-7-16(14)19/h5-6,9,11,14,16H,7-8,10H2,1-4H3/p+1/t14-,16+/m1/s1. The molecule has 1 saturated heterocycles. The Labute approximate surface area is 121 Å². The van der Waals surface area contributed by atoms with Gasteiger partial charge in [-0.05, 0) is 18.6 Å². The zero-order chi connectivity index (χ0) is 14.4. The minimum absolute atomic E-state index is 0.0647. The predicted octanol–water partition coefficient (Wildman–Crippen LogP) is 1.37. The molecule has 0 saturated carbocycles. The van der Waals surface area contributed by atoms with E-state index in [9.17, 15) is 4.79 Å². The number of hydrogen-bond donors (Lipinski definition) is 1. The van der Waals surface area contributed by atoms with Crippen molar-refractivity contribution in [2.24, 2.45) is 5.92 Å². The van der Waals surface area contributed by atoms with Crippen LogP contribution in [0.25, 0.3) is 0 Å². The number of carbonyl (C=O) groups is 1. The highest BCUT2D eigenvalue weighted by molar-refractivity contribution is 5.98. The Morgan fingerprint density at radius 1 is 1.40 bits per heavy atom.